The Balaban J connectivity index is 0.00000420. The fraction of sp³-hybridized carbons (Fsp3) is 0.350. The van der Waals surface area contributed by atoms with Crippen LogP contribution in [-0.4, -0.2) is 38.3 Å². The van der Waals surface area contributed by atoms with Crippen LogP contribution in [0.5, 0.6) is 5.75 Å². The van der Waals surface area contributed by atoms with Gasteiger partial charge < -0.3 is 20.1 Å². The van der Waals surface area contributed by atoms with Crippen molar-refractivity contribution in [2.24, 2.45) is 4.99 Å². The summed E-state index contributed by atoms with van der Waals surface area (Å²) in [5, 5.41) is 17.4. The Morgan fingerprint density at radius 3 is 2.45 bits per heavy atom. The molecule has 29 heavy (non-hydrogen) atoms. The number of benzene rings is 2. The van der Waals surface area contributed by atoms with E-state index >= 15 is 0 Å². The Kier molecular flexibility index (Phi) is 11.0. The van der Waals surface area contributed by atoms with E-state index in [0.29, 0.717) is 37.8 Å². The molecule has 0 amide bonds. The minimum absolute atomic E-state index is 0. The number of nitrogens with zero attached hydrogens (tertiary/aromatic N) is 2. The van der Waals surface area contributed by atoms with Crippen molar-refractivity contribution in [1.82, 2.24) is 10.6 Å². The summed E-state index contributed by atoms with van der Waals surface area (Å²) < 4.78 is 10.8. The molecule has 2 N–H and O–H groups in total. The summed E-state index contributed by atoms with van der Waals surface area (Å²) in [6, 6.07) is 12.6. The molecule has 0 unspecified atom stereocenters. The number of methoxy groups -OCH3 is 1. The molecule has 158 valence electrons. The summed E-state index contributed by atoms with van der Waals surface area (Å²) in [6.07, 6.45) is 0. The van der Waals surface area contributed by atoms with Crippen LogP contribution in [0.1, 0.15) is 16.7 Å². The van der Waals surface area contributed by atoms with Crippen molar-refractivity contribution in [3.63, 3.8) is 0 Å². The lowest BCUT2D eigenvalue weighted by atomic mass is 10.1. The summed E-state index contributed by atoms with van der Waals surface area (Å²) in [5.41, 5.74) is 2.76. The SMILES string of the molecule is CN=C(NCc1ccc(C)cc1OCCOC)NCc1ccccc1[N+](=O)[O-].I. The maximum absolute atomic E-state index is 11.1. The predicted molar refractivity (Wildman–Crippen MR) is 124 cm³/mol. The van der Waals surface area contributed by atoms with Crippen molar-refractivity contribution in [2.45, 2.75) is 20.0 Å². The van der Waals surface area contributed by atoms with Gasteiger partial charge in [0.25, 0.3) is 5.69 Å². The largest absolute Gasteiger partial charge is 0.491 e. The van der Waals surface area contributed by atoms with Gasteiger partial charge >= 0.3 is 0 Å². The number of aryl methyl sites for hydroxylation is 1. The molecule has 2 aromatic rings. The number of ether oxygens (including phenoxy) is 2. The molecule has 0 aliphatic heterocycles. The van der Waals surface area contributed by atoms with E-state index in [-0.39, 0.29) is 34.6 Å². The summed E-state index contributed by atoms with van der Waals surface area (Å²) in [5.74, 6) is 1.33. The van der Waals surface area contributed by atoms with E-state index in [1.165, 1.54) is 6.07 Å². The minimum atomic E-state index is -0.386. The maximum atomic E-state index is 11.1. The second kappa shape index (κ2) is 12.9. The number of nitrogens with one attached hydrogen (secondary N) is 2. The van der Waals surface area contributed by atoms with Crippen LogP contribution in [0.4, 0.5) is 5.69 Å². The summed E-state index contributed by atoms with van der Waals surface area (Å²) >= 11 is 0. The van der Waals surface area contributed by atoms with Crippen LogP contribution < -0.4 is 15.4 Å². The molecule has 2 rings (SSSR count). The molecule has 0 saturated heterocycles. The Labute approximate surface area is 187 Å². The minimum Gasteiger partial charge on any atom is -0.491 e. The average Bonchev–Trinajstić information content (AvgIpc) is 2.69. The fourth-order valence-corrected chi connectivity index (χ4v) is 2.59. The Morgan fingerprint density at radius 1 is 1.10 bits per heavy atom. The first-order valence-corrected chi connectivity index (χ1v) is 8.93. The molecule has 2 aromatic carbocycles. The van der Waals surface area contributed by atoms with Gasteiger partial charge in [-0.05, 0) is 18.6 Å². The first kappa shape index (κ1) is 24.6. The Morgan fingerprint density at radius 2 is 1.79 bits per heavy atom. The molecule has 0 atom stereocenters. The summed E-state index contributed by atoms with van der Waals surface area (Å²) in [6.45, 7) is 3.78. The number of aliphatic imine (C=N–C) groups is 1. The monoisotopic (exact) mass is 514 g/mol. The number of nitro benzene ring substituents is 1. The van der Waals surface area contributed by atoms with Crippen LogP contribution in [0, 0.1) is 17.0 Å². The molecule has 0 aliphatic carbocycles. The van der Waals surface area contributed by atoms with E-state index < -0.39 is 0 Å². The average molecular weight is 514 g/mol. The summed E-state index contributed by atoms with van der Waals surface area (Å²) in [7, 11) is 3.29. The van der Waals surface area contributed by atoms with Gasteiger partial charge in [-0.2, -0.15) is 0 Å². The highest BCUT2D eigenvalue weighted by atomic mass is 127. The van der Waals surface area contributed by atoms with E-state index in [1.54, 1.807) is 32.4 Å². The fourth-order valence-electron chi connectivity index (χ4n) is 2.59. The molecule has 0 aliphatic rings. The second-order valence-corrected chi connectivity index (χ2v) is 6.12. The van der Waals surface area contributed by atoms with Gasteiger partial charge in [-0.15, -0.1) is 24.0 Å². The van der Waals surface area contributed by atoms with Gasteiger partial charge in [0.2, 0.25) is 0 Å². The van der Waals surface area contributed by atoms with Crippen molar-refractivity contribution in [3.05, 3.63) is 69.3 Å². The molecular weight excluding hydrogens is 487 g/mol. The Hall–Kier alpha value is -2.40. The van der Waals surface area contributed by atoms with Crippen LogP contribution in [0.3, 0.4) is 0 Å². The highest BCUT2D eigenvalue weighted by molar-refractivity contribution is 14.0. The molecule has 0 saturated carbocycles. The van der Waals surface area contributed by atoms with Crippen molar-refractivity contribution >= 4 is 35.6 Å². The number of para-hydroxylation sites is 1. The maximum Gasteiger partial charge on any atom is 0.274 e. The van der Waals surface area contributed by atoms with Crippen LogP contribution >= 0.6 is 24.0 Å². The molecule has 0 fully saturated rings. The lowest BCUT2D eigenvalue weighted by molar-refractivity contribution is -0.385. The first-order chi connectivity index (χ1) is 13.5. The van der Waals surface area contributed by atoms with Gasteiger partial charge in [-0.3, -0.25) is 15.1 Å². The van der Waals surface area contributed by atoms with Crippen LogP contribution in [0.15, 0.2) is 47.5 Å². The van der Waals surface area contributed by atoms with E-state index in [1.807, 2.05) is 25.1 Å². The lowest BCUT2D eigenvalue weighted by Crippen LogP contribution is -2.36. The van der Waals surface area contributed by atoms with Crippen LogP contribution in [0.2, 0.25) is 0 Å². The number of guanidine groups is 1. The van der Waals surface area contributed by atoms with Gasteiger partial charge in [0.1, 0.15) is 12.4 Å². The third kappa shape index (κ3) is 7.86. The smallest absolute Gasteiger partial charge is 0.274 e. The quantitative estimate of drug-likeness (QED) is 0.133. The third-order valence-corrected chi connectivity index (χ3v) is 4.07. The molecule has 0 radical (unpaired) electrons. The Bertz CT molecular complexity index is 830. The summed E-state index contributed by atoms with van der Waals surface area (Å²) in [4.78, 5) is 14.9. The lowest BCUT2D eigenvalue weighted by Gasteiger charge is -2.15. The van der Waals surface area contributed by atoms with Gasteiger partial charge in [-0.25, -0.2) is 0 Å². The molecule has 0 bridgehead atoms. The zero-order valence-corrected chi connectivity index (χ0v) is 19.1. The third-order valence-electron chi connectivity index (χ3n) is 4.07. The van der Waals surface area contributed by atoms with Crippen molar-refractivity contribution < 1.29 is 14.4 Å². The molecule has 0 aromatic heterocycles. The predicted octanol–water partition coefficient (Wildman–Crippen LogP) is 3.41. The number of rotatable bonds is 9. The van der Waals surface area contributed by atoms with Crippen molar-refractivity contribution in [2.75, 3.05) is 27.4 Å². The number of hydrogen-bond acceptors (Lipinski definition) is 5. The van der Waals surface area contributed by atoms with Gasteiger partial charge in [0, 0.05) is 44.4 Å². The molecular formula is C20H27IN4O4. The number of hydrogen-bond donors (Lipinski definition) is 2. The van der Waals surface area contributed by atoms with E-state index in [4.69, 9.17) is 9.47 Å². The van der Waals surface area contributed by atoms with Crippen LogP contribution in [0.25, 0.3) is 0 Å². The zero-order valence-electron chi connectivity index (χ0n) is 16.8. The highest BCUT2D eigenvalue weighted by Crippen LogP contribution is 2.20. The molecule has 0 spiro atoms. The zero-order chi connectivity index (χ0) is 20.4. The van der Waals surface area contributed by atoms with E-state index in [2.05, 4.69) is 15.6 Å². The highest BCUT2D eigenvalue weighted by Gasteiger charge is 2.12. The second-order valence-electron chi connectivity index (χ2n) is 6.12. The number of halogens is 1. The topological polar surface area (TPSA) is 98.0 Å². The van der Waals surface area contributed by atoms with Gasteiger partial charge in [0.05, 0.1) is 11.5 Å². The van der Waals surface area contributed by atoms with Gasteiger partial charge in [-0.1, -0.05) is 30.3 Å². The number of nitro groups is 1. The van der Waals surface area contributed by atoms with E-state index in [9.17, 15) is 10.1 Å². The molecule has 9 heteroatoms. The molecule has 0 heterocycles. The van der Waals surface area contributed by atoms with Crippen molar-refractivity contribution in [1.29, 1.82) is 0 Å². The van der Waals surface area contributed by atoms with Crippen molar-refractivity contribution in [3.8, 4) is 5.75 Å². The van der Waals surface area contributed by atoms with E-state index in [0.717, 1.165) is 16.9 Å². The first-order valence-electron chi connectivity index (χ1n) is 8.93. The van der Waals surface area contributed by atoms with Gasteiger partial charge in [0.15, 0.2) is 5.96 Å². The molecule has 8 nitrogen and oxygen atoms in total. The standard InChI is InChI=1S/C20H26N4O4.HI/c1-15-8-9-17(19(12-15)28-11-10-27-3)14-23-20(21-2)22-13-16-6-4-5-7-18(16)24(25)26;/h4-9,12H,10-11,13-14H2,1-3H3,(H2,21,22,23);1H. The normalized spacial score (nSPS) is 10.8. The van der Waals surface area contributed by atoms with Crippen LogP contribution in [-0.2, 0) is 17.8 Å².